The zero-order valence-corrected chi connectivity index (χ0v) is 14.4. The summed E-state index contributed by atoms with van der Waals surface area (Å²) in [5, 5.41) is 10.1. The first-order valence-electron chi connectivity index (χ1n) is 7.81. The summed E-state index contributed by atoms with van der Waals surface area (Å²) in [4.78, 5) is 26.9. The maximum absolute atomic E-state index is 12.4. The van der Waals surface area contributed by atoms with E-state index in [4.69, 9.17) is 0 Å². The van der Waals surface area contributed by atoms with Gasteiger partial charge in [-0.05, 0) is 51.7 Å². The van der Waals surface area contributed by atoms with Crippen LogP contribution in [-0.4, -0.2) is 33.4 Å². The molecule has 0 saturated heterocycles. The van der Waals surface area contributed by atoms with E-state index in [0.29, 0.717) is 23.4 Å². The molecule has 6 nitrogen and oxygen atoms in total. The van der Waals surface area contributed by atoms with Gasteiger partial charge in [-0.15, -0.1) is 0 Å². The molecule has 0 atom stereocenters. The van der Waals surface area contributed by atoms with Crippen LogP contribution >= 0.6 is 0 Å². The van der Waals surface area contributed by atoms with Crippen molar-refractivity contribution in [1.82, 2.24) is 20.5 Å². The molecule has 2 aromatic heterocycles. The number of aryl methyl sites for hydroxylation is 3. The van der Waals surface area contributed by atoms with Crippen molar-refractivity contribution in [2.75, 3.05) is 6.54 Å². The molecule has 0 radical (unpaired) electrons. The highest BCUT2D eigenvalue weighted by molar-refractivity contribution is 6.02. The van der Waals surface area contributed by atoms with Crippen LogP contribution in [0.2, 0.25) is 0 Å². The predicted octanol–water partition coefficient (Wildman–Crippen LogP) is 2.54. The first-order valence-corrected chi connectivity index (χ1v) is 7.81. The Morgan fingerprint density at radius 3 is 2.35 bits per heavy atom. The lowest BCUT2D eigenvalue weighted by Gasteiger charge is -2.06. The number of rotatable bonds is 6. The lowest BCUT2D eigenvalue weighted by molar-refractivity contribution is 0.0952. The number of ketones is 1. The van der Waals surface area contributed by atoms with Gasteiger partial charge < -0.3 is 10.3 Å². The minimum absolute atomic E-state index is 0.0597. The van der Waals surface area contributed by atoms with Crippen LogP contribution in [0.4, 0.5) is 0 Å². The molecule has 124 valence electrons. The molecule has 0 bridgehead atoms. The van der Waals surface area contributed by atoms with Crippen molar-refractivity contribution in [3.05, 3.63) is 39.5 Å². The van der Waals surface area contributed by atoms with Gasteiger partial charge in [0, 0.05) is 24.9 Å². The van der Waals surface area contributed by atoms with Crippen molar-refractivity contribution >= 4 is 11.7 Å². The fraction of sp³-hybridized carbons (Fsp3) is 0.471. The second kappa shape index (κ2) is 6.81. The van der Waals surface area contributed by atoms with Gasteiger partial charge in [-0.25, -0.2) is 0 Å². The van der Waals surface area contributed by atoms with Crippen molar-refractivity contribution < 1.29 is 9.59 Å². The number of carbonyl (C=O) groups excluding carboxylic acids is 2. The molecule has 23 heavy (non-hydrogen) atoms. The molecule has 0 aromatic carbocycles. The lowest BCUT2D eigenvalue weighted by atomic mass is 10.1. The van der Waals surface area contributed by atoms with E-state index in [9.17, 15) is 9.59 Å². The van der Waals surface area contributed by atoms with Gasteiger partial charge >= 0.3 is 0 Å². The predicted molar refractivity (Wildman–Crippen MR) is 89.0 cm³/mol. The molecule has 0 aliphatic carbocycles. The van der Waals surface area contributed by atoms with Crippen LogP contribution in [0.1, 0.15) is 62.4 Å². The van der Waals surface area contributed by atoms with E-state index in [1.54, 1.807) is 6.92 Å². The minimum Gasteiger partial charge on any atom is -0.355 e. The van der Waals surface area contributed by atoms with E-state index in [-0.39, 0.29) is 11.7 Å². The van der Waals surface area contributed by atoms with E-state index in [2.05, 4.69) is 20.5 Å². The zero-order chi connectivity index (χ0) is 17.1. The third kappa shape index (κ3) is 3.52. The monoisotopic (exact) mass is 316 g/mol. The number of amides is 1. The number of aromatic amines is 2. The van der Waals surface area contributed by atoms with Crippen molar-refractivity contribution in [3.63, 3.8) is 0 Å². The number of aromatic nitrogens is 3. The Morgan fingerprint density at radius 1 is 1.13 bits per heavy atom. The Labute approximate surface area is 136 Å². The number of carbonyl (C=O) groups is 2. The van der Waals surface area contributed by atoms with Gasteiger partial charge in [-0.1, -0.05) is 0 Å². The van der Waals surface area contributed by atoms with Crippen LogP contribution in [0.5, 0.6) is 0 Å². The highest BCUT2D eigenvalue weighted by Crippen LogP contribution is 2.18. The van der Waals surface area contributed by atoms with Gasteiger partial charge in [0.2, 0.25) is 0 Å². The molecule has 1 amide bonds. The molecule has 6 heteroatoms. The fourth-order valence-electron chi connectivity index (χ4n) is 2.94. The summed E-state index contributed by atoms with van der Waals surface area (Å²) in [5.41, 5.74) is 5.84. The minimum atomic E-state index is -0.135. The second-order valence-electron chi connectivity index (χ2n) is 5.95. The van der Waals surface area contributed by atoms with Crippen molar-refractivity contribution in [2.24, 2.45) is 0 Å². The smallest absolute Gasteiger partial charge is 0.253 e. The maximum atomic E-state index is 12.4. The van der Waals surface area contributed by atoms with E-state index in [0.717, 1.165) is 29.9 Å². The molecule has 0 aliphatic heterocycles. The summed E-state index contributed by atoms with van der Waals surface area (Å²) in [5.74, 6) is -0.194. The highest BCUT2D eigenvalue weighted by Gasteiger charge is 2.19. The Hall–Kier alpha value is -2.37. The summed E-state index contributed by atoms with van der Waals surface area (Å²) in [7, 11) is 0. The number of nitrogens with zero attached hydrogens (tertiary/aromatic N) is 1. The SMILES string of the molecule is CC(=O)c1[nH]c(C)c(C(=O)NCCCc2c(C)n[nH]c2C)c1C. The largest absolute Gasteiger partial charge is 0.355 e. The van der Waals surface area contributed by atoms with Crippen LogP contribution < -0.4 is 5.32 Å². The van der Waals surface area contributed by atoms with Gasteiger partial charge in [0.15, 0.2) is 5.78 Å². The molecule has 2 rings (SSSR count). The van der Waals surface area contributed by atoms with Crippen molar-refractivity contribution in [2.45, 2.75) is 47.5 Å². The quantitative estimate of drug-likeness (QED) is 0.565. The molecular weight excluding hydrogens is 292 g/mol. The fourth-order valence-corrected chi connectivity index (χ4v) is 2.94. The van der Waals surface area contributed by atoms with Crippen LogP contribution in [0.25, 0.3) is 0 Å². The molecule has 3 N–H and O–H groups in total. The number of nitrogens with one attached hydrogen (secondary N) is 3. The van der Waals surface area contributed by atoms with Crippen LogP contribution in [0, 0.1) is 27.7 Å². The van der Waals surface area contributed by atoms with Crippen LogP contribution in [0.3, 0.4) is 0 Å². The number of hydrogen-bond donors (Lipinski definition) is 3. The summed E-state index contributed by atoms with van der Waals surface area (Å²) in [6, 6.07) is 0. The molecule has 2 heterocycles. The highest BCUT2D eigenvalue weighted by atomic mass is 16.1. The first-order chi connectivity index (χ1) is 10.8. The Kier molecular flexibility index (Phi) is 5.03. The summed E-state index contributed by atoms with van der Waals surface area (Å²) in [6.45, 7) is 9.68. The standard InChI is InChI=1S/C17H24N4O2/c1-9-15(12(4)19-16(9)13(5)22)17(23)18-8-6-7-14-10(2)20-21-11(14)3/h19H,6-8H2,1-5H3,(H,18,23)(H,20,21). The number of Topliss-reactive ketones (excluding diaryl/α,β-unsaturated/α-hetero) is 1. The average molecular weight is 316 g/mol. The van der Waals surface area contributed by atoms with Crippen molar-refractivity contribution in [3.8, 4) is 0 Å². The molecular formula is C17H24N4O2. The molecule has 0 spiro atoms. The van der Waals surface area contributed by atoms with Gasteiger partial charge in [-0.3, -0.25) is 14.7 Å². The molecule has 0 unspecified atom stereocenters. The van der Waals surface area contributed by atoms with Gasteiger partial charge in [-0.2, -0.15) is 5.10 Å². The van der Waals surface area contributed by atoms with E-state index < -0.39 is 0 Å². The van der Waals surface area contributed by atoms with Crippen molar-refractivity contribution in [1.29, 1.82) is 0 Å². The maximum Gasteiger partial charge on any atom is 0.253 e. The third-order valence-corrected chi connectivity index (χ3v) is 4.19. The zero-order valence-electron chi connectivity index (χ0n) is 14.4. The van der Waals surface area contributed by atoms with E-state index in [1.807, 2.05) is 20.8 Å². The Bertz CT molecular complexity index is 721. The summed E-state index contributed by atoms with van der Waals surface area (Å²) >= 11 is 0. The first kappa shape index (κ1) is 17.0. The molecule has 0 fully saturated rings. The van der Waals surface area contributed by atoms with E-state index in [1.165, 1.54) is 12.5 Å². The topological polar surface area (TPSA) is 90.6 Å². The lowest BCUT2D eigenvalue weighted by Crippen LogP contribution is -2.25. The average Bonchev–Trinajstić information content (AvgIpc) is 2.95. The molecule has 0 aliphatic rings. The number of H-pyrrole nitrogens is 2. The normalized spacial score (nSPS) is 10.8. The molecule has 2 aromatic rings. The van der Waals surface area contributed by atoms with Gasteiger partial charge in [0.25, 0.3) is 5.91 Å². The Balaban J connectivity index is 1.94. The van der Waals surface area contributed by atoms with Crippen LogP contribution in [-0.2, 0) is 6.42 Å². The number of hydrogen-bond acceptors (Lipinski definition) is 3. The summed E-state index contributed by atoms with van der Waals surface area (Å²) in [6.07, 6.45) is 1.72. The molecule has 0 saturated carbocycles. The van der Waals surface area contributed by atoms with Gasteiger partial charge in [0.1, 0.15) is 0 Å². The third-order valence-electron chi connectivity index (χ3n) is 4.19. The van der Waals surface area contributed by atoms with Gasteiger partial charge in [0.05, 0.1) is 17.0 Å². The van der Waals surface area contributed by atoms with E-state index >= 15 is 0 Å². The second-order valence-corrected chi connectivity index (χ2v) is 5.95. The van der Waals surface area contributed by atoms with Crippen LogP contribution in [0.15, 0.2) is 0 Å². The Morgan fingerprint density at radius 2 is 1.83 bits per heavy atom. The summed E-state index contributed by atoms with van der Waals surface area (Å²) < 4.78 is 0.